The van der Waals surface area contributed by atoms with Crippen molar-refractivity contribution in [2.45, 2.75) is 0 Å². The van der Waals surface area contributed by atoms with Gasteiger partial charge in [-0.25, -0.2) is 0 Å². The zero-order valence-corrected chi connectivity index (χ0v) is 13.7. The maximum Gasteiger partial charge on any atom is 0.163 e. The lowest BCUT2D eigenvalue weighted by molar-refractivity contribution is -0.112. The summed E-state index contributed by atoms with van der Waals surface area (Å²) in [7, 11) is 0. The standard InChI is InChI=1S/C24H17O/c25-24(21-7-1-2-8-21)17-14-18-12-15-20(16-13-18)23-11-5-9-19-6-3-4-10-22(19)23/h1-17H/b17-14+. The average molecular weight is 321 g/mol. The van der Waals surface area contributed by atoms with E-state index < -0.39 is 0 Å². The van der Waals surface area contributed by atoms with Crippen LogP contribution < -0.4 is 0 Å². The molecule has 0 amide bonds. The van der Waals surface area contributed by atoms with E-state index in [0.717, 1.165) is 11.5 Å². The molecule has 0 aliphatic heterocycles. The van der Waals surface area contributed by atoms with Crippen molar-refractivity contribution in [1.82, 2.24) is 0 Å². The summed E-state index contributed by atoms with van der Waals surface area (Å²) in [6.07, 6.45) is 10.9. The molecular weight excluding hydrogens is 304 g/mol. The van der Waals surface area contributed by atoms with Crippen LogP contribution in [0.4, 0.5) is 0 Å². The van der Waals surface area contributed by atoms with E-state index in [1.165, 1.54) is 21.9 Å². The van der Waals surface area contributed by atoms with Gasteiger partial charge in [-0.15, -0.1) is 0 Å². The summed E-state index contributed by atoms with van der Waals surface area (Å²) in [6, 6.07) is 23.1. The minimum absolute atomic E-state index is 0.0307. The first kappa shape index (κ1) is 15.8. The smallest absolute Gasteiger partial charge is 0.163 e. The maximum absolute atomic E-state index is 12.0. The fourth-order valence-corrected chi connectivity index (χ4v) is 3.06. The van der Waals surface area contributed by atoms with Crippen molar-refractivity contribution in [3.63, 3.8) is 0 Å². The third-order valence-corrected chi connectivity index (χ3v) is 4.39. The zero-order chi connectivity index (χ0) is 17.1. The van der Waals surface area contributed by atoms with Crippen molar-refractivity contribution in [2.75, 3.05) is 0 Å². The molecule has 1 aliphatic carbocycles. The van der Waals surface area contributed by atoms with Crippen LogP contribution in [0.2, 0.25) is 0 Å². The van der Waals surface area contributed by atoms with Crippen LogP contribution in [-0.2, 0) is 4.79 Å². The van der Waals surface area contributed by atoms with E-state index in [1.807, 2.05) is 43.9 Å². The highest BCUT2D eigenvalue weighted by Crippen LogP contribution is 2.29. The SMILES string of the molecule is O=C(/C=C/c1ccc(-c2cccc3ccccc23)cc1)[C]1[CH][CH][CH][CH]1. The van der Waals surface area contributed by atoms with Gasteiger partial charge in [-0.05, 0) is 59.2 Å². The van der Waals surface area contributed by atoms with Crippen LogP contribution in [-0.4, -0.2) is 5.78 Å². The summed E-state index contributed by atoms with van der Waals surface area (Å²) >= 11 is 0. The van der Waals surface area contributed by atoms with Gasteiger partial charge in [0.05, 0.1) is 5.92 Å². The van der Waals surface area contributed by atoms with Gasteiger partial charge in [0.1, 0.15) is 0 Å². The number of hydrogen-bond acceptors (Lipinski definition) is 1. The Morgan fingerprint density at radius 2 is 1.48 bits per heavy atom. The molecular formula is C24H17O. The van der Waals surface area contributed by atoms with E-state index in [-0.39, 0.29) is 5.78 Å². The van der Waals surface area contributed by atoms with Crippen LogP contribution in [0.1, 0.15) is 5.56 Å². The van der Waals surface area contributed by atoms with Gasteiger partial charge in [0.25, 0.3) is 0 Å². The quantitative estimate of drug-likeness (QED) is 0.580. The second-order valence-electron chi connectivity index (χ2n) is 6.02. The van der Waals surface area contributed by atoms with Crippen LogP contribution >= 0.6 is 0 Å². The average Bonchev–Trinajstić information content (AvgIpc) is 3.21. The molecule has 3 aromatic carbocycles. The molecule has 0 aromatic heterocycles. The first-order valence-corrected chi connectivity index (χ1v) is 8.33. The molecule has 0 atom stereocenters. The van der Waals surface area contributed by atoms with E-state index in [1.54, 1.807) is 6.08 Å². The third kappa shape index (κ3) is 3.41. The Hall–Kier alpha value is -2.67. The van der Waals surface area contributed by atoms with Crippen LogP contribution in [0.5, 0.6) is 0 Å². The minimum Gasteiger partial charge on any atom is -0.294 e. The fraction of sp³-hybridized carbons (Fsp3) is 0. The molecule has 119 valence electrons. The second-order valence-corrected chi connectivity index (χ2v) is 6.02. The fourth-order valence-electron chi connectivity index (χ4n) is 3.06. The topological polar surface area (TPSA) is 17.1 Å². The van der Waals surface area contributed by atoms with Crippen molar-refractivity contribution in [1.29, 1.82) is 0 Å². The Kier molecular flexibility index (Phi) is 4.47. The highest BCUT2D eigenvalue weighted by atomic mass is 16.1. The summed E-state index contributed by atoms with van der Waals surface area (Å²) in [5, 5.41) is 2.49. The monoisotopic (exact) mass is 321 g/mol. The summed E-state index contributed by atoms with van der Waals surface area (Å²) in [5.74, 6) is 0.756. The lowest BCUT2D eigenvalue weighted by Gasteiger charge is -2.07. The molecule has 0 bridgehead atoms. The Morgan fingerprint density at radius 1 is 0.760 bits per heavy atom. The van der Waals surface area contributed by atoms with Gasteiger partial charge < -0.3 is 0 Å². The number of carbonyl (C=O) groups is 1. The normalized spacial score (nSPS) is 15.2. The highest BCUT2D eigenvalue weighted by molar-refractivity contribution is 6.07. The predicted molar refractivity (Wildman–Crippen MR) is 104 cm³/mol. The molecule has 0 unspecified atom stereocenters. The van der Waals surface area contributed by atoms with Gasteiger partial charge >= 0.3 is 0 Å². The lowest BCUT2D eigenvalue weighted by Crippen LogP contribution is -2.05. The van der Waals surface area contributed by atoms with Crippen LogP contribution in [0.25, 0.3) is 28.0 Å². The van der Waals surface area contributed by atoms with Crippen molar-refractivity contribution < 1.29 is 4.79 Å². The lowest BCUT2D eigenvalue weighted by atomic mass is 9.97. The number of rotatable bonds is 4. The molecule has 5 radical (unpaired) electrons. The van der Waals surface area contributed by atoms with E-state index in [0.29, 0.717) is 0 Å². The van der Waals surface area contributed by atoms with Crippen LogP contribution in [0.3, 0.4) is 0 Å². The Balaban J connectivity index is 1.56. The van der Waals surface area contributed by atoms with Gasteiger partial charge in [-0.2, -0.15) is 0 Å². The third-order valence-electron chi connectivity index (χ3n) is 4.39. The van der Waals surface area contributed by atoms with Gasteiger partial charge in [-0.1, -0.05) is 72.8 Å². The Labute approximate surface area is 149 Å². The zero-order valence-electron chi connectivity index (χ0n) is 13.7. The molecule has 1 saturated carbocycles. The van der Waals surface area contributed by atoms with Crippen molar-refractivity contribution in [2.24, 2.45) is 0 Å². The molecule has 0 spiro atoms. The number of fused-ring (bicyclic) bond motifs is 1. The van der Waals surface area contributed by atoms with Crippen molar-refractivity contribution in [3.05, 3.63) is 110 Å². The molecule has 1 nitrogen and oxygen atoms in total. The van der Waals surface area contributed by atoms with Crippen LogP contribution in [0, 0.1) is 31.6 Å². The summed E-state index contributed by atoms with van der Waals surface area (Å²) < 4.78 is 0. The molecule has 1 aliphatic rings. The molecule has 3 aromatic rings. The first-order valence-electron chi connectivity index (χ1n) is 8.33. The maximum atomic E-state index is 12.0. The van der Waals surface area contributed by atoms with E-state index >= 15 is 0 Å². The molecule has 1 fully saturated rings. The largest absolute Gasteiger partial charge is 0.294 e. The predicted octanol–water partition coefficient (Wildman–Crippen LogP) is 5.49. The molecule has 0 heterocycles. The van der Waals surface area contributed by atoms with Gasteiger partial charge in [0, 0.05) is 0 Å². The summed E-state index contributed by atoms with van der Waals surface area (Å²) in [4.78, 5) is 12.0. The van der Waals surface area contributed by atoms with E-state index in [2.05, 4.69) is 54.6 Å². The second kappa shape index (κ2) is 7.06. The number of hydrogen-bond donors (Lipinski definition) is 0. The number of ketones is 1. The number of carbonyl (C=O) groups excluding carboxylic acids is 1. The molecule has 25 heavy (non-hydrogen) atoms. The summed E-state index contributed by atoms with van der Waals surface area (Å²) in [5.41, 5.74) is 3.42. The highest BCUT2D eigenvalue weighted by Gasteiger charge is 2.22. The first-order chi connectivity index (χ1) is 12.3. The summed E-state index contributed by atoms with van der Waals surface area (Å²) in [6.45, 7) is 0. The Morgan fingerprint density at radius 3 is 2.28 bits per heavy atom. The van der Waals surface area contributed by atoms with Gasteiger partial charge in [-0.3, -0.25) is 4.79 Å². The molecule has 0 saturated heterocycles. The van der Waals surface area contributed by atoms with Crippen LogP contribution in [0.15, 0.2) is 72.8 Å². The minimum atomic E-state index is 0.0307. The number of allylic oxidation sites excluding steroid dienone is 1. The molecule has 4 rings (SSSR count). The molecule has 1 heteroatoms. The Bertz CT molecular complexity index is 907. The van der Waals surface area contributed by atoms with E-state index in [9.17, 15) is 4.79 Å². The number of benzene rings is 3. The van der Waals surface area contributed by atoms with Crippen molar-refractivity contribution >= 4 is 22.6 Å². The van der Waals surface area contributed by atoms with Gasteiger partial charge in [0.15, 0.2) is 5.78 Å². The molecule has 0 N–H and O–H groups in total. The van der Waals surface area contributed by atoms with Gasteiger partial charge in [0.2, 0.25) is 0 Å². The van der Waals surface area contributed by atoms with E-state index in [4.69, 9.17) is 0 Å². The van der Waals surface area contributed by atoms with Crippen molar-refractivity contribution in [3.8, 4) is 11.1 Å².